The van der Waals surface area contributed by atoms with Gasteiger partial charge in [-0.05, 0) is 36.6 Å². The molecule has 28 heavy (non-hydrogen) atoms. The summed E-state index contributed by atoms with van der Waals surface area (Å²) in [5, 5.41) is 7.04. The average Bonchev–Trinajstić information content (AvgIpc) is 3.27. The zero-order valence-corrected chi connectivity index (χ0v) is 16.1. The van der Waals surface area contributed by atoms with Crippen molar-refractivity contribution in [2.75, 3.05) is 0 Å². The van der Waals surface area contributed by atoms with Crippen LogP contribution in [0.25, 0.3) is 5.69 Å². The quantitative estimate of drug-likeness (QED) is 0.609. The van der Waals surface area contributed by atoms with Crippen molar-refractivity contribution in [1.29, 1.82) is 0 Å². The van der Waals surface area contributed by atoms with Crippen LogP contribution in [-0.4, -0.2) is 26.5 Å². The van der Waals surface area contributed by atoms with E-state index in [1.54, 1.807) is 11.0 Å². The van der Waals surface area contributed by atoms with Crippen molar-refractivity contribution in [3.05, 3.63) is 77.9 Å². The third kappa shape index (κ3) is 4.91. The minimum atomic E-state index is -0.142. The van der Waals surface area contributed by atoms with Gasteiger partial charge in [0.05, 0.1) is 11.7 Å². The Hall–Kier alpha value is -3.28. The maximum atomic E-state index is 12.3. The second-order valence-electron chi connectivity index (χ2n) is 6.69. The summed E-state index contributed by atoms with van der Waals surface area (Å²) in [5.74, 6) is -0.144. The largest absolute Gasteiger partial charge is 0.350 e. The average molecular weight is 376 g/mol. The first kappa shape index (κ1) is 19.5. The minimum Gasteiger partial charge on any atom is -0.350 e. The molecular weight excluding hydrogens is 352 g/mol. The minimum absolute atomic E-state index is 0.0114. The molecule has 0 bridgehead atoms. The predicted molar refractivity (Wildman–Crippen MR) is 107 cm³/mol. The number of rotatable bonds is 8. The van der Waals surface area contributed by atoms with Gasteiger partial charge in [0.1, 0.15) is 12.7 Å². The van der Waals surface area contributed by atoms with Gasteiger partial charge in [-0.2, -0.15) is 5.10 Å². The highest BCUT2D eigenvalue weighted by Crippen LogP contribution is 2.16. The van der Waals surface area contributed by atoms with Crippen molar-refractivity contribution in [3.8, 4) is 5.69 Å². The first-order chi connectivity index (χ1) is 13.6. The molecule has 0 aliphatic carbocycles. The molecule has 0 aliphatic rings. The van der Waals surface area contributed by atoms with Crippen LogP contribution in [-0.2, 0) is 11.2 Å². The van der Waals surface area contributed by atoms with Crippen molar-refractivity contribution in [1.82, 2.24) is 20.1 Å². The third-order valence-corrected chi connectivity index (χ3v) is 4.72. The lowest BCUT2D eigenvalue weighted by atomic mass is 10.0. The van der Waals surface area contributed by atoms with E-state index < -0.39 is 0 Å². The summed E-state index contributed by atoms with van der Waals surface area (Å²) in [4.78, 5) is 28.4. The Balaban J connectivity index is 1.50. The van der Waals surface area contributed by atoms with E-state index in [4.69, 9.17) is 0 Å². The Labute approximate surface area is 164 Å². The van der Waals surface area contributed by atoms with E-state index in [-0.39, 0.29) is 30.6 Å². The van der Waals surface area contributed by atoms with Gasteiger partial charge in [-0.15, -0.1) is 0 Å². The summed E-state index contributed by atoms with van der Waals surface area (Å²) in [7, 11) is 0. The molecule has 0 radical (unpaired) electrons. The fourth-order valence-electron chi connectivity index (χ4n) is 2.95. The van der Waals surface area contributed by atoms with E-state index in [0.29, 0.717) is 5.56 Å². The third-order valence-electron chi connectivity index (χ3n) is 4.72. The fraction of sp³-hybridized carbons (Fsp3) is 0.273. The van der Waals surface area contributed by atoms with Gasteiger partial charge in [0.2, 0.25) is 5.91 Å². The fourth-order valence-corrected chi connectivity index (χ4v) is 2.95. The van der Waals surface area contributed by atoms with Crippen molar-refractivity contribution < 1.29 is 9.59 Å². The smallest absolute Gasteiger partial charge is 0.220 e. The molecule has 1 atom stereocenters. The van der Waals surface area contributed by atoms with Gasteiger partial charge in [-0.25, -0.2) is 9.67 Å². The number of carbonyl (C=O) groups is 2. The standard InChI is InChI=1S/C22H24N4O2/c1-3-17-4-6-19(7-5-17)21(27)12-13-22(28)25-16(2)18-8-10-20(11-9-18)26-15-23-14-24-26/h4-11,14-16H,3,12-13H2,1-2H3,(H,25,28). The van der Waals surface area contributed by atoms with Gasteiger partial charge in [-0.3, -0.25) is 9.59 Å². The first-order valence-corrected chi connectivity index (χ1v) is 9.43. The lowest BCUT2D eigenvalue weighted by Gasteiger charge is -2.15. The number of aromatic nitrogens is 3. The molecule has 144 valence electrons. The van der Waals surface area contributed by atoms with E-state index >= 15 is 0 Å². The summed E-state index contributed by atoms with van der Waals surface area (Å²) in [6, 6.07) is 15.2. The number of aryl methyl sites for hydroxylation is 1. The summed E-state index contributed by atoms with van der Waals surface area (Å²) in [5.41, 5.74) is 3.73. The number of nitrogens with zero attached hydrogens (tertiary/aromatic N) is 3. The topological polar surface area (TPSA) is 76.9 Å². The molecule has 1 aromatic heterocycles. The highest BCUT2D eigenvalue weighted by atomic mass is 16.2. The second-order valence-corrected chi connectivity index (χ2v) is 6.69. The van der Waals surface area contributed by atoms with Crippen LogP contribution in [0.4, 0.5) is 0 Å². The van der Waals surface area contributed by atoms with E-state index in [1.807, 2.05) is 55.5 Å². The molecule has 0 spiro atoms. The Kier molecular flexibility index (Phi) is 6.32. The Morgan fingerprint density at radius 3 is 2.36 bits per heavy atom. The lowest BCUT2D eigenvalue weighted by Crippen LogP contribution is -2.27. The second kappa shape index (κ2) is 9.08. The van der Waals surface area contributed by atoms with Crippen LogP contribution >= 0.6 is 0 Å². The number of hydrogen-bond donors (Lipinski definition) is 1. The monoisotopic (exact) mass is 376 g/mol. The number of hydrogen-bond acceptors (Lipinski definition) is 4. The highest BCUT2D eigenvalue weighted by molar-refractivity contribution is 5.98. The van der Waals surface area contributed by atoms with Crippen molar-refractivity contribution in [3.63, 3.8) is 0 Å². The molecular formula is C22H24N4O2. The van der Waals surface area contributed by atoms with E-state index in [0.717, 1.165) is 17.7 Å². The number of benzene rings is 2. The van der Waals surface area contributed by atoms with Crippen molar-refractivity contribution in [2.24, 2.45) is 0 Å². The number of Topliss-reactive ketones (excluding diaryl/α,β-unsaturated/α-hetero) is 1. The molecule has 1 heterocycles. The molecule has 3 rings (SSSR count). The van der Waals surface area contributed by atoms with Gasteiger partial charge >= 0.3 is 0 Å². The molecule has 0 saturated carbocycles. The summed E-state index contributed by atoms with van der Waals surface area (Å²) in [6.07, 6.45) is 4.43. The van der Waals surface area contributed by atoms with Crippen molar-refractivity contribution in [2.45, 2.75) is 39.2 Å². The highest BCUT2D eigenvalue weighted by Gasteiger charge is 2.13. The molecule has 1 N–H and O–H groups in total. The SMILES string of the molecule is CCc1ccc(C(=O)CCC(=O)NC(C)c2ccc(-n3cncn3)cc2)cc1. The normalized spacial score (nSPS) is 11.8. The molecule has 6 nitrogen and oxygen atoms in total. The number of carbonyl (C=O) groups excluding carboxylic acids is 2. The number of amides is 1. The van der Waals surface area contributed by atoms with E-state index in [2.05, 4.69) is 22.3 Å². The summed E-state index contributed by atoms with van der Waals surface area (Å²) in [6.45, 7) is 4.00. The molecule has 3 aromatic rings. The van der Waals surface area contributed by atoms with E-state index in [1.165, 1.54) is 11.9 Å². The molecule has 1 unspecified atom stereocenters. The Morgan fingerprint density at radius 2 is 1.75 bits per heavy atom. The van der Waals surface area contributed by atoms with Crippen LogP contribution in [0.15, 0.2) is 61.2 Å². The number of nitrogens with one attached hydrogen (secondary N) is 1. The van der Waals surface area contributed by atoms with Crippen LogP contribution in [0.5, 0.6) is 0 Å². The van der Waals surface area contributed by atoms with Gasteiger partial charge in [0.25, 0.3) is 0 Å². The molecule has 2 aromatic carbocycles. The molecule has 6 heteroatoms. The van der Waals surface area contributed by atoms with Crippen LogP contribution < -0.4 is 5.32 Å². The molecule has 0 saturated heterocycles. The molecule has 0 aliphatic heterocycles. The maximum absolute atomic E-state index is 12.3. The Bertz CT molecular complexity index is 916. The van der Waals surface area contributed by atoms with Gasteiger partial charge in [0, 0.05) is 18.4 Å². The van der Waals surface area contributed by atoms with Crippen LogP contribution in [0.3, 0.4) is 0 Å². The first-order valence-electron chi connectivity index (χ1n) is 9.43. The van der Waals surface area contributed by atoms with Gasteiger partial charge < -0.3 is 5.32 Å². The zero-order chi connectivity index (χ0) is 19.9. The van der Waals surface area contributed by atoms with E-state index in [9.17, 15) is 9.59 Å². The lowest BCUT2D eigenvalue weighted by molar-refractivity contribution is -0.121. The molecule has 0 fully saturated rings. The Morgan fingerprint density at radius 1 is 1.04 bits per heavy atom. The summed E-state index contributed by atoms with van der Waals surface area (Å²) >= 11 is 0. The van der Waals surface area contributed by atoms with Crippen LogP contribution in [0.2, 0.25) is 0 Å². The summed E-state index contributed by atoms with van der Waals surface area (Å²) < 4.78 is 1.67. The zero-order valence-electron chi connectivity index (χ0n) is 16.1. The van der Waals surface area contributed by atoms with Crippen LogP contribution in [0, 0.1) is 0 Å². The predicted octanol–water partition coefficient (Wildman–Crippen LogP) is 3.67. The number of ketones is 1. The van der Waals surface area contributed by atoms with Crippen molar-refractivity contribution >= 4 is 11.7 Å². The maximum Gasteiger partial charge on any atom is 0.220 e. The van der Waals surface area contributed by atoms with Gasteiger partial charge in [0.15, 0.2) is 5.78 Å². The molecule has 1 amide bonds. The van der Waals surface area contributed by atoms with Crippen LogP contribution in [0.1, 0.15) is 54.2 Å². The van der Waals surface area contributed by atoms with Gasteiger partial charge in [-0.1, -0.05) is 43.3 Å².